The van der Waals surface area contributed by atoms with Gasteiger partial charge in [-0.2, -0.15) is 0 Å². The molecule has 0 spiro atoms. The quantitative estimate of drug-likeness (QED) is 0.677. The molecule has 22 heavy (non-hydrogen) atoms. The Kier molecular flexibility index (Phi) is 5.61. The highest BCUT2D eigenvalue weighted by Gasteiger charge is 2.30. The van der Waals surface area contributed by atoms with E-state index in [1.165, 1.54) is 0 Å². The average Bonchev–Trinajstić information content (AvgIpc) is 2.51. The van der Waals surface area contributed by atoms with E-state index in [2.05, 4.69) is 5.32 Å². The molecule has 2 aromatic carbocycles. The summed E-state index contributed by atoms with van der Waals surface area (Å²) in [6.45, 7) is 2.63. The van der Waals surface area contributed by atoms with Gasteiger partial charge in [-0.15, -0.1) is 0 Å². The third-order valence-corrected chi connectivity index (χ3v) is 4.18. The van der Waals surface area contributed by atoms with Crippen LogP contribution in [0.1, 0.15) is 24.7 Å². The summed E-state index contributed by atoms with van der Waals surface area (Å²) in [4.78, 5) is 19.2. The first-order valence-corrected chi connectivity index (χ1v) is 8.78. The van der Waals surface area contributed by atoms with E-state index in [1.54, 1.807) is 48.5 Å². The third-order valence-electron chi connectivity index (χ3n) is 3.08. The van der Waals surface area contributed by atoms with E-state index >= 15 is 0 Å². The number of benzene rings is 2. The summed E-state index contributed by atoms with van der Waals surface area (Å²) in [7, 11) is -4.35. The summed E-state index contributed by atoms with van der Waals surface area (Å²) in [6, 6.07) is 15.8. The van der Waals surface area contributed by atoms with E-state index in [0.29, 0.717) is 23.6 Å². The lowest BCUT2D eigenvalue weighted by Crippen LogP contribution is -2.11. The van der Waals surface area contributed by atoms with Crippen LogP contribution in [-0.4, -0.2) is 16.4 Å². The number of para-hydroxylation sites is 1. The SMILES string of the molecule is CCCOc1ccc([C@@H](Nc2ccccc2)P(=O)(O)O)cc1. The fourth-order valence-electron chi connectivity index (χ4n) is 2.02. The smallest absolute Gasteiger partial charge is 0.352 e. The van der Waals surface area contributed by atoms with Crippen molar-refractivity contribution in [1.82, 2.24) is 0 Å². The fourth-order valence-corrected chi connectivity index (χ4v) is 2.90. The summed E-state index contributed by atoms with van der Waals surface area (Å²) >= 11 is 0. The molecule has 1 atom stereocenters. The second-order valence-electron chi connectivity index (χ2n) is 4.92. The molecule has 0 heterocycles. The van der Waals surface area contributed by atoms with Crippen molar-refractivity contribution in [1.29, 1.82) is 0 Å². The summed E-state index contributed by atoms with van der Waals surface area (Å²) in [6.07, 6.45) is 0.905. The Bertz CT molecular complexity index is 624. The maximum absolute atomic E-state index is 11.8. The molecule has 3 N–H and O–H groups in total. The van der Waals surface area contributed by atoms with Gasteiger partial charge in [0.1, 0.15) is 5.75 Å². The van der Waals surface area contributed by atoms with Crippen LogP contribution in [0, 0.1) is 0 Å². The van der Waals surface area contributed by atoms with Gasteiger partial charge in [0.25, 0.3) is 0 Å². The molecule has 0 aliphatic carbocycles. The molecule has 5 nitrogen and oxygen atoms in total. The molecule has 0 aliphatic rings. The maximum Gasteiger partial charge on any atom is 0.352 e. The summed E-state index contributed by atoms with van der Waals surface area (Å²) in [5.41, 5.74) is 1.17. The standard InChI is InChI=1S/C16H20NO4P/c1-2-12-21-15-10-8-13(9-11-15)16(22(18,19)20)17-14-6-4-3-5-7-14/h3-11,16-17H,2,12H2,1H3,(H2,18,19,20)/t16-/m0/s1. The normalized spacial score (nSPS) is 12.7. The Hall–Kier alpha value is -1.81. The zero-order chi connectivity index (χ0) is 16.0. The second-order valence-corrected chi connectivity index (χ2v) is 6.61. The van der Waals surface area contributed by atoms with Gasteiger partial charge in [-0.3, -0.25) is 4.57 Å². The van der Waals surface area contributed by atoms with Gasteiger partial charge in [-0.25, -0.2) is 0 Å². The van der Waals surface area contributed by atoms with Crippen molar-refractivity contribution in [2.24, 2.45) is 0 Å². The monoisotopic (exact) mass is 321 g/mol. The first-order chi connectivity index (χ1) is 10.5. The highest BCUT2D eigenvalue weighted by atomic mass is 31.2. The number of hydrogen-bond acceptors (Lipinski definition) is 3. The van der Waals surface area contributed by atoms with Crippen LogP contribution in [0.5, 0.6) is 5.75 Å². The lowest BCUT2D eigenvalue weighted by atomic mass is 10.2. The molecule has 0 bridgehead atoms. The number of nitrogens with one attached hydrogen (secondary N) is 1. The minimum absolute atomic E-state index is 0.515. The summed E-state index contributed by atoms with van der Waals surface area (Å²) in [5, 5.41) is 2.89. The first kappa shape index (κ1) is 16.6. The van der Waals surface area contributed by atoms with Gasteiger partial charge in [0.15, 0.2) is 5.78 Å². The van der Waals surface area contributed by atoms with Crippen molar-refractivity contribution in [3.05, 3.63) is 60.2 Å². The molecule has 0 aliphatic heterocycles. The number of rotatable bonds is 7. The minimum atomic E-state index is -4.35. The second kappa shape index (κ2) is 7.45. The molecule has 0 aromatic heterocycles. The molecule has 2 aromatic rings. The Morgan fingerprint density at radius 1 is 1.09 bits per heavy atom. The highest BCUT2D eigenvalue weighted by molar-refractivity contribution is 7.52. The molecule has 0 saturated heterocycles. The van der Waals surface area contributed by atoms with Crippen LogP contribution in [0.2, 0.25) is 0 Å². The number of hydrogen-bond donors (Lipinski definition) is 3. The van der Waals surface area contributed by atoms with E-state index in [-0.39, 0.29) is 0 Å². The molecule has 2 rings (SSSR count). The van der Waals surface area contributed by atoms with Crippen molar-refractivity contribution in [3.8, 4) is 5.75 Å². The molecular weight excluding hydrogens is 301 g/mol. The van der Waals surface area contributed by atoms with Gasteiger partial charge in [-0.05, 0) is 36.2 Å². The molecule has 0 fully saturated rings. The molecule has 0 unspecified atom stereocenters. The van der Waals surface area contributed by atoms with Crippen molar-refractivity contribution < 1.29 is 19.1 Å². The molecule has 0 saturated carbocycles. The van der Waals surface area contributed by atoms with Gasteiger partial charge in [-0.1, -0.05) is 37.3 Å². The number of ether oxygens (including phenoxy) is 1. The van der Waals surface area contributed by atoms with Crippen LogP contribution >= 0.6 is 7.60 Å². The predicted octanol–water partition coefficient (Wildman–Crippen LogP) is 3.76. The topological polar surface area (TPSA) is 78.8 Å². The average molecular weight is 321 g/mol. The van der Waals surface area contributed by atoms with Crippen LogP contribution in [0.25, 0.3) is 0 Å². The zero-order valence-corrected chi connectivity index (χ0v) is 13.2. The van der Waals surface area contributed by atoms with E-state index in [0.717, 1.165) is 6.42 Å². The largest absolute Gasteiger partial charge is 0.494 e. The van der Waals surface area contributed by atoms with E-state index in [9.17, 15) is 14.4 Å². The van der Waals surface area contributed by atoms with Crippen LogP contribution in [-0.2, 0) is 4.57 Å². The lowest BCUT2D eigenvalue weighted by molar-refractivity contribution is 0.317. The Labute approximate surface area is 130 Å². The Balaban J connectivity index is 2.21. The highest BCUT2D eigenvalue weighted by Crippen LogP contribution is 2.51. The fraction of sp³-hybridized carbons (Fsp3) is 0.250. The number of anilines is 1. The van der Waals surface area contributed by atoms with E-state index in [1.807, 2.05) is 13.0 Å². The minimum Gasteiger partial charge on any atom is -0.494 e. The maximum atomic E-state index is 11.8. The van der Waals surface area contributed by atoms with Crippen molar-refractivity contribution in [3.63, 3.8) is 0 Å². The first-order valence-electron chi connectivity index (χ1n) is 7.10. The predicted molar refractivity (Wildman–Crippen MR) is 87.1 cm³/mol. The Morgan fingerprint density at radius 3 is 2.27 bits per heavy atom. The summed E-state index contributed by atoms with van der Waals surface area (Å²) in [5.74, 6) is -0.398. The molecule has 118 valence electrons. The van der Waals surface area contributed by atoms with E-state index in [4.69, 9.17) is 4.74 Å². The molecule has 6 heteroatoms. The summed E-state index contributed by atoms with van der Waals surface area (Å²) < 4.78 is 17.3. The van der Waals surface area contributed by atoms with Crippen LogP contribution in [0.15, 0.2) is 54.6 Å². The van der Waals surface area contributed by atoms with Crippen LogP contribution in [0.4, 0.5) is 5.69 Å². The molecule has 0 amide bonds. The van der Waals surface area contributed by atoms with Crippen molar-refractivity contribution >= 4 is 13.3 Å². The molecule has 0 radical (unpaired) electrons. The molecular formula is C16H20NO4P. The Morgan fingerprint density at radius 2 is 1.73 bits per heavy atom. The van der Waals surface area contributed by atoms with Crippen LogP contribution < -0.4 is 10.1 Å². The van der Waals surface area contributed by atoms with Gasteiger partial charge >= 0.3 is 7.60 Å². The van der Waals surface area contributed by atoms with Crippen molar-refractivity contribution in [2.45, 2.75) is 19.1 Å². The van der Waals surface area contributed by atoms with Gasteiger partial charge in [0.05, 0.1) is 6.61 Å². The zero-order valence-electron chi connectivity index (χ0n) is 12.3. The van der Waals surface area contributed by atoms with Crippen LogP contribution in [0.3, 0.4) is 0 Å². The van der Waals surface area contributed by atoms with E-state index < -0.39 is 13.4 Å². The third kappa shape index (κ3) is 4.60. The van der Waals surface area contributed by atoms with Crippen molar-refractivity contribution in [2.75, 3.05) is 11.9 Å². The van der Waals surface area contributed by atoms with Gasteiger partial charge in [0.2, 0.25) is 0 Å². The lowest BCUT2D eigenvalue weighted by Gasteiger charge is -2.21. The van der Waals surface area contributed by atoms with Gasteiger partial charge in [0, 0.05) is 5.69 Å². The van der Waals surface area contributed by atoms with Gasteiger partial charge < -0.3 is 19.8 Å².